The molecule has 0 bridgehead atoms. The number of hydrogen-bond acceptors (Lipinski definition) is 15. The number of nitrogens with zero attached hydrogens (tertiary/aromatic N) is 1. The summed E-state index contributed by atoms with van der Waals surface area (Å²) in [5.74, 6) is -5.22. The molecule has 3 saturated heterocycles. The Labute approximate surface area is 308 Å². The lowest BCUT2D eigenvalue weighted by Gasteiger charge is -2.49. The molecule has 3 aliphatic heterocycles. The number of aliphatic hydroxyl groups excluding tert-OH is 4. The Morgan fingerprint density at radius 3 is 2.06 bits per heavy atom. The number of rotatable bonds is 8. The van der Waals surface area contributed by atoms with E-state index in [9.17, 15) is 40.2 Å². The minimum absolute atomic E-state index is 0.108. The number of esters is 1. The van der Waals surface area contributed by atoms with Crippen LogP contribution in [0.25, 0.3) is 0 Å². The van der Waals surface area contributed by atoms with Gasteiger partial charge in [-0.2, -0.15) is 0 Å². The molecular formula is C37H67NO14. The summed E-state index contributed by atoms with van der Waals surface area (Å²) in [7, 11) is 5.02. The third kappa shape index (κ3) is 9.36. The van der Waals surface area contributed by atoms with E-state index >= 15 is 0 Å². The van der Waals surface area contributed by atoms with Gasteiger partial charge in [0.15, 0.2) is 12.6 Å². The van der Waals surface area contributed by atoms with Crippen molar-refractivity contribution in [2.75, 3.05) is 27.8 Å². The molecule has 3 heterocycles. The van der Waals surface area contributed by atoms with Crippen molar-refractivity contribution in [3.05, 3.63) is 0 Å². The highest BCUT2D eigenvalue weighted by Crippen LogP contribution is 2.40. The molecule has 52 heavy (non-hydrogen) atoms. The van der Waals surface area contributed by atoms with Crippen LogP contribution in [0.15, 0.2) is 0 Å². The highest BCUT2D eigenvalue weighted by atomic mass is 16.7. The Balaban J connectivity index is 2.20. The number of ether oxygens (including phenoxy) is 6. The zero-order valence-electron chi connectivity index (χ0n) is 33.1. The average Bonchev–Trinajstić information content (AvgIpc) is 3.08. The summed E-state index contributed by atoms with van der Waals surface area (Å²) in [5, 5.41) is 68.0. The molecule has 0 aromatic heterocycles. The lowest BCUT2D eigenvalue weighted by molar-refractivity contribution is -0.321. The van der Waals surface area contributed by atoms with E-state index in [-0.39, 0.29) is 31.4 Å². The number of carbonyl (C=O) groups is 2. The van der Waals surface area contributed by atoms with Crippen molar-refractivity contribution < 1.29 is 68.6 Å². The molecule has 0 aromatic rings. The minimum atomic E-state index is -2.02. The van der Waals surface area contributed by atoms with E-state index in [2.05, 4.69) is 0 Å². The van der Waals surface area contributed by atoms with Crippen LogP contribution in [0.5, 0.6) is 0 Å². The maximum atomic E-state index is 14.1. The molecule has 3 aliphatic rings. The van der Waals surface area contributed by atoms with Crippen molar-refractivity contribution in [1.82, 2.24) is 4.90 Å². The van der Waals surface area contributed by atoms with Crippen LogP contribution in [0, 0.1) is 23.7 Å². The van der Waals surface area contributed by atoms with Gasteiger partial charge in [-0.3, -0.25) is 9.59 Å². The van der Waals surface area contributed by atoms with Crippen LogP contribution in [0.2, 0.25) is 0 Å². The first-order chi connectivity index (χ1) is 24.0. The van der Waals surface area contributed by atoms with Crippen LogP contribution in [-0.2, 0) is 38.0 Å². The first kappa shape index (κ1) is 45.1. The molecule has 0 aliphatic carbocycles. The fraction of sp³-hybridized carbons (Fsp3) is 0.946. The first-order valence-electron chi connectivity index (χ1n) is 18.7. The van der Waals surface area contributed by atoms with Crippen molar-refractivity contribution in [3.63, 3.8) is 0 Å². The smallest absolute Gasteiger partial charge is 0.311 e. The lowest BCUT2D eigenvalue weighted by Crippen LogP contribution is -2.62. The molecule has 304 valence electrons. The number of methoxy groups -OCH3 is 1. The van der Waals surface area contributed by atoms with Gasteiger partial charge in [0.1, 0.15) is 35.3 Å². The molecular weight excluding hydrogens is 682 g/mol. The van der Waals surface area contributed by atoms with Crippen LogP contribution in [0.4, 0.5) is 0 Å². The highest BCUT2D eigenvalue weighted by Gasteiger charge is 2.54. The Morgan fingerprint density at radius 2 is 1.52 bits per heavy atom. The molecule has 3 fully saturated rings. The Hall–Kier alpha value is -1.34. The van der Waals surface area contributed by atoms with Crippen molar-refractivity contribution in [3.8, 4) is 0 Å². The first-order valence-corrected chi connectivity index (χ1v) is 18.7. The van der Waals surface area contributed by atoms with E-state index in [4.69, 9.17) is 28.4 Å². The SMILES string of the molecule is CC[C@H]1OC(=O)[C@H](C)[C@@H](O[C@H]2C[C@@](CO)(OC)[C@@H](O)[C@H](C)O2)[C@H](C)[C@@H](O[C@@H]2O[C@H](C)C[C@H](N(C)C)[C@H]2O)[C@](C)(O)C[C@@H](C)C(=O)[C@H](C)[C@@H](O)[C@]1(C)O. The predicted molar refractivity (Wildman–Crippen MR) is 188 cm³/mol. The summed E-state index contributed by atoms with van der Waals surface area (Å²) >= 11 is 0. The molecule has 0 unspecified atom stereocenters. The Kier molecular flexibility index (Phi) is 15.3. The van der Waals surface area contributed by atoms with Crippen LogP contribution in [0.1, 0.15) is 88.0 Å². The zero-order valence-corrected chi connectivity index (χ0v) is 33.1. The van der Waals surface area contributed by atoms with Crippen molar-refractivity contribution in [2.24, 2.45) is 23.7 Å². The Bertz CT molecular complexity index is 1180. The summed E-state index contributed by atoms with van der Waals surface area (Å²) in [6, 6.07) is -0.348. The lowest BCUT2D eigenvalue weighted by atomic mass is 9.74. The van der Waals surface area contributed by atoms with Gasteiger partial charge in [-0.1, -0.05) is 27.7 Å². The fourth-order valence-electron chi connectivity index (χ4n) is 8.52. The molecule has 6 N–H and O–H groups in total. The topological polar surface area (TPSA) is 214 Å². The maximum absolute atomic E-state index is 14.1. The van der Waals surface area contributed by atoms with Gasteiger partial charge >= 0.3 is 5.97 Å². The second kappa shape index (κ2) is 17.6. The molecule has 15 nitrogen and oxygen atoms in total. The normalized spacial score (nSPS) is 49.0. The molecule has 18 atom stereocenters. The number of likely N-dealkylation sites (N-methyl/N-ethyl adjacent to an activating group) is 1. The van der Waals surface area contributed by atoms with E-state index in [1.165, 1.54) is 27.9 Å². The second-order valence-corrected chi connectivity index (χ2v) is 16.4. The van der Waals surface area contributed by atoms with Gasteiger partial charge in [-0.25, -0.2) is 0 Å². The zero-order chi connectivity index (χ0) is 39.7. The van der Waals surface area contributed by atoms with Gasteiger partial charge in [0.2, 0.25) is 0 Å². The monoisotopic (exact) mass is 749 g/mol. The molecule has 0 radical (unpaired) electrons. The van der Waals surface area contributed by atoms with Gasteiger partial charge in [0.25, 0.3) is 0 Å². The number of ketones is 1. The van der Waals surface area contributed by atoms with Gasteiger partial charge < -0.3 is 64.0 Å². The summed E-state index contributed by atoms with van der Waals surface area (Å²) in [4.78, 5) is 29.8. The van der Waals surface area contributed by atoms with Crippen LogP contribution in [0.3, 0.4) is 0 Å². The Morgan fingerprint density at radius 1 is 0.904 bits per heavy atom. The van der Waals surface area contributed by atoms with E-state index in [0.717, 1.165) is 0 Å². The van der Waals surface area contributed by atoms with Crippen LogP contribution >= 0.6 is 0 Å². The largest absolute Gasteiger partial charge is 0.459 e. The van der Waals surface area contributed by atoms with Gasteiger partial charge in [-0.15, -0.1) is 0 Å². The number of cyclic esters (lactones) is 1. The number of hydrogen-bond donors (Lipinski definition) is 6. The van der Waals surface area contributed by atoms with E-state index in [1.807, 2.05) is 25.9 Å². The quantitative estimate of drug-likeness (QED) is 0.189. The van der Waals surface area contributed by atoms with Crippen LogP contribution < -0.4 is 0 Å². The maximum Gasteiger partial charge on any atom is 0.311 e. The summed E-state index contributed by atoms with van der Waals surface area (Å²) in [5.41, 5.74) is -5.31. The summed E-state index contributed by atoms with van der Waals surface area (Å²) in [6.07, 6.45) is -10.8. The van der Waals surface area contributed by atoms with Gasteiger partial charge in [0.05, 0.1) is 48.6 Å². The molecule has 0 amide bonds. The van der Waals surface area contributed by atoms with E-state index in [1.54, 1.807) is 34.6 Å². The minimum Gasteiger partial charge on any atom is -0.459 e. The van der Waals surface area contributed by atoms with Gasteiger partial charge in [0, 0.05) is 37.3 Å². The molecule has 3 rings (SSSR count). The molecule has 15 heteroatoms. The average molecular weight is 750 g/mol. The summed E-state index contributed by atoms with van der Waals surface area (Å²) < 4.78 is 36.8. The van der Waals surface area contributed by atoms with E-state index < -0.39 is 114 Å². The third-order valence-corrected chi connectivity index (χ3v) is 11.9. The summed E-state index contributed by atoms with van der Waals surface area (Å²) in [6.45, 7) is 13.7. The molecule has 0 saturated carbocycles. The third-order valence-electron chi connectivity index (χ3n) is 11.9. The van der Waals surface area contributed by atoms with Crippen LogP contribution in [-0.4, -0.2) is 159 Å². The predicted octanol–water partition coefficient (Wildman–Crippen LogP) is 0.758. The van der Waals surface area contributed by atoms with Crippen molar-refractivity contribution in [1.29, 1.82) is 0 Å². The number of Topliss-reactive ketones (excluding diaryl/α,β-unsaturated/α-hetero) is 1. The van der Waals surface area contributed by atoms with E-state index in [0.29, 0.717) is 6.42 Å². The standard InChI is InChI=1S/C37H67NO14/c1-13-25-36(9,46)30(42)20(4)27(40)18(2)15-35(8,45)32(52-34-28(41)24(38(10)11)14-19(3)48-34)21(5)29(22(6)33(44)50-25)51-26-16-37(17-39,47-12)31(43)23(7)49-26/h18-26,28-32,34,39,41-43,45-46H,13-17H2,1-12H3/t18-,19-,20+,21+,22-,23+,24+,25-,26+,28-,29+,30-,31+,32-,34+,35-,36-,37+/m1/s1. The van der Waals surface area contributed by atoms with Crippen molar-refractivity contribution >= 4 is 11.8 Å². The van der Waals surface area contributed by atoms with Crippen molar-refractivity contribution in [2.45, 2.75) is 172 Å². The molecule has 0 spiro atoms. The number of aliphatic hydroxyl groups is 6. The highest BCUT2D eigenvalue weighted by molar-refractivity contribution is 5.83. The van der Waals surface area contributed by atoms with Gasteiger partial charge in [-0.05, 0) is 68.0 Å². The number of carbonyl (C=O) groups excluding carboxylic acids is 2. The second-order valence-electron chi connectivity index (χ2n) is 16.4. The molecule has 0 aromatic carbocycles. The fourth-order valence-corrected chi connectivity index (χ4v) is 8.52.